The Labute approximate surface area is 761 Å². The zero-order valence-electron chi connectivity index (χ0n) is 71.7. The summed E-state index contributed by atoms with van der Waals surface area (Å²) < 4.78 is 182. The number of ether oxygens (including phenoxy) is 4. The monoisotopic (exact) mass is 1890 g/mol. The molecule has 41 heteroatoms. The van der Waals surface area contributed by atoms with E-state index in [0.29, 0.717) is 91.5 Å². The molecule has 25 nitrogen and oxygen atoms in total. The molecule has 0 bridgehead atoms. The maximum Gasteiger partial charge on any atom is 0.573 e. The Morgan fingerprint density at radius 3 is 0.808 bits per heavy atom. The molecule has 0 spiro atoms. The topological polar surface area (TPSA) is 269 Å². The van der Waals surface area contributed by atoms with Crippen molar-refractivity contribution in [2.45, 2.75) is 210 Å². The molecule has 4 aliphatic carbocycles. The van der Waals surface area contributed by atoms with Crippen molar-refractivity contribution in [3.05, 3.63) is 165 Å². The number of para-hydroxylation sites is 4. The molecule has 0 radical (unpaired) electrons. The first-order valence-electron chi connectivity index (χ1n) is 44.4. The van der Waals surface area contributed by atoms with Gasteiger partial charge in [-0.3, -0.25) is 4.90 Å². The van der Waals surface area contributed by atoms with Crippen molar-refractivity contribution in [3.8, 4) is 23.0 Å². The molecule has 4 aromatic carbocycles. The summed E-state index contributed by atoms with van der Waals surface area (Å²) in [5.74, 6) is 3.01. The third-order valence-electron chi connectivity index (χ3n) is 24.9. The molecule has 8 aromatic rings. The standard InChI is InChI=1S/C23H29ClF3N5O.C22H27ClF3N5O2.C22H27ClF3N5O.C22H27F4N5O/c24-19-15-30-22(29-14-17-5-1-2-6-20(17)33-23(25,26)27)31-21(19)28-13-16-7-9-18(10-8-16)32-11-3-4-12-32;23-18-11-29-21(28-10-15-3-1-2-4-19(15)33-22(24,25)26)30-20(18)27-9-14-5-7-16(8-6-14)31-12-17(32)13-31;2*23-18-14-29-21(28-13-16-4-1-2-5-19(16)32-22(24,25)26)30-20(18)27-12-15-6-8-17(9-7-15)31-10-3-11-31/h1-2,5-6,15-16,18H,3-4,7-14H2,(H2,28,29,30,31);1-4,11,14,16-17,32H,5-10,12-13H2,(H2,27,28,29,30);2*1-2,4-5,14-15,17H,3,6-13H2,(H2,27,28,29,30). The van der Waals surface area contributed by atoms with Crippen LogP contribution >= 0.6 is 34.8 Å². The van der Waals surface area contributed by atoms with Gasteiger partial charge < -0.3 is 81.3 Å². The minimum atomic E-state index is -4.78. The number of likely N-dealkylation sites (tertiary alicyclic amines) is 4. The summed E-state index contributed by atoms with van der Waals surface area (Å²) in [5.41, 5.74) is 1.30. The minimum absolute atomic E-state index is 0.00214. The fourth-order valence-corrected chi connectivity index (χ4v) is 18.1. The number of benzene rings is 4. The lowest BCUT2D eigenvalue weighted by Gasteiger charge is -2.44. The van der Waals surface area contributed by atoms with Gasteiger partial charge >= 0.3 is 25.4 Å². The number of halogens is 16. The maximum absolute atomic E-state index is 14.2. The molecule has 9 N–H and O–H groups in total. The molecule has 0 amide bonds. The number of alkyl halides is 12. The smallest absolute Gasteiger partial charge is 0.405 e. The van der Waals surface area contributed by atoms with Crippen LogP contribution in [0.25, 0.3) is 0 Å². The third-order valence-corrected chi connectivity index (χ3v) is 25.7. The zero-order valence-corrected chi connectivity index (χ0v) is 74.0. The number of anilines is 8. The Morgan fingerprint density at radius 2 is 0.554 bits per heavy atom. The number of nitrogens with zero attached hydrogens (tertiary/aromatic N) is 12. The van der Waals surface area contributed by atoms with Crippen LogP contribution in [0.3, 0.4) is 0 Å². The quantitative estimate of drug-likeness (QED) is 0.0177. The van der Waals surface area contributed by atoms with E-state index in [1.807, 2.05) is 0 Å². The van der Waals surface area contributed by atoms with Gasteiger partial charge in [-0.1, -0.05) is 108 Å². The second kappa shape index (κ2) is 46.8. The fraction of sp³-hybridized carbons (Fsp3) is 0.551. The number of nitrogens with one attached hydrogen (secondary N) is 8. The average Bonchev–Trinajstić information content (AvgIpc) is 0.949. The number of aliphatic hydroxyl groups is 1. The van der Waals surface area contributed by atoms with E-state index in [2.05, 4.69) is 121 Å². The van der Waals surface area contributed by atoms with Crippen LogP contribution in [0.4, 0.5) is 104 Å². The van der Waals surface area contributed by atoms with Crippen LogP contribution in [-0.2, 0) is 26.2 Å². The number of aromatic nitrogens is 8. The average molecular weight is 1890 g/mol. The Kier molecular flexibility index (Phi) is 35.3. The lowest BCUT2D eigenvalue weighted by atomic mass is 9.84. The van der Waals surface area contributed by atoms with Crippen LogP contribution < -0.4 is 61.5 Å². The third kappa shape index (κ3) is 31.1. The van der Waals surface area contributed by atoms with Gasteiger partial charge in [0.1, 0.15) is 55.5 Å². The molecular formula is C89H110Cl3F13N20O5. The number of hydrogen-bond acceptors (Lipinski definition) is 25. The van der Waals surface area contributed by atoms with E-state index in [0.717, 1.165) is 89.5 Å². The van der Waals surface area contributed by atoms with E-state index in [1.165, 1.54) is 202 Å². The van der Waals surface area contributed by atoms with Crippen molar-refractivity contribution in [3.63, 3.8) is 0 Å². The Hall–Kier alpha value is -9.44. The molecule has 0 atom stereocenters. The van der Waals surface area contributed by atoms with Gasteiger partial charge in [0.05, 0.1) is 30.9 Å². The summed E-state index contributed by atoms with van der Waals surface area (Å²) in [6.45, 7) is 12.1. The highest BCUT2D eigenvalue weighted by atomic mass is 35.5. The normalized spacial score (nSPS) is 21.7. The van der Waals surface area contributed by atoms with Crippen molar-refractivity contribution in [1.82, 2.24) is 59.5 Å². The van der Waals surface area contributed by atoms with Gasteiger partial charge in [-0.25, -0.2) is 24.3 Å². The van der Waals surface area contributed by atoms with Crippen molar-refractivity contribution in [2.24, 2.45) is 23.7 Å². The predicted octanol–water partition coefficient (Wildman–Crippen LogP) is 20.1. The number of rotatable bonds is 32. The van der Waals surface area contributed by atoms with Crippen molar-refractivity contribution >= 4 is 81.9 Å². The van der Waals surface area contributed by atoms with E-state index in [-0.39, 0.29) is 90.5 Å². The predicted molar refractivity (Wildman–Crippen MR) is 473 cm³/mol. The molecule has 16 rings (SSSR count). The number of β-amino-alcohol motifs (C(OH)–C–C–N with tert-alkyl or cyclic N) is 1. The Balaban J connectivity index is 0.000000148. The number of aliphatic hydroxyl groups excluding tert-OH is 1. The van der Waals surface area contributed by atoms with E-state index in [4.69, 9.17) is 34.8 Å². The van der Waals surface area contributed by atoms with Crippen LogP contribution in [0.5, 0.6) is 23.0 Å². The molecule has 8 heterocycles. The Morgan fingerprint density at radius 1 is 0.315 bits per heavy atom. The van der Waals surface area contributed by atoms with Gasteiger partial charge in [0.2, 0.25) is 23.8 Å². The summed E-state index contributed by atoms with van der Waals surface area (Å²) in [7, 11) is 0. The zero-order chi connectivity index (χ0) is 91.8. The Bertz CT molecular complexity index is 4690. The van der Waals surface area contributed by atoms with Gasteiger partial charge in [0, 0.05) is 112 Å². The first-order chi connectivity index (χ1) is 62.4. The molecule has 4 saturated carbocycles. The second-order valence-electron chi connectivity index (χ2n) is 33.9. The van der Waals surface area contributed by atoms with E-state index >= 15 is 0 Å². The van der Waals surface area contributed by atoms with Crippen LogP contribution in [0.2, 0.25) is 15.1 Å². The summed E-state index contributed by atoms with van der Waals surface area (Å²) in [6, 6.07) is 26.4. The van der Waals surface area contributed by atoms with Gasteiger partial charge in [-0.2, -0.15) is 19.9 Å². The summed E-state index contributed by atoms with van der Waals surface area (Å²) >= 11 is 18.8. The van der Waals surface area contributed by atoms with E-state index < -0.39 is 31.3 Å². The number of hydrogen-bond donors (Lipinski definition) is 9. The maximum atomic E-state index is 14.2. The lowest BCUT2D eigenvalue weighted by Crippen LogP contribution is -2.56. The van der Waals surface area contributed by atoms with Crippen LogP contribution in [0.15, 0.2) is 122 Å². The largest absolute Gasteiger partial charge is 0.573 e. The molecular weight excluding hydrogens is 1780 g/mol. The van der Waals surface area contributed by atoms with Crippen molar-refractivity contribution in [1.29, 1.82) is 0 Å². The molecule has 4 aliphatic heterocycles. The molecule has 4 saturated heterocycles. The molecule has 4 aromatic heterocycles. The SMILES string of the molecule is FC(F)(F)Oc1ccccc1CNc1ncc(Cl)c(NCC2CCC(N3CCC3)CC2)n1.FC(F)(F)Oc1ccccc1CNc1ncc(Cl)c(NCC2CCC(N3CCCC3)CC2)n1.Fc1cnc(NCc2ccccc2OC(F)(F)F)nc1NCC1CCC(N2CCC2)CC1.OC1CN(C2CCC(CNc3nc(NCc4ccccc4OC(F)(F)F)ncc3Cl)CC2)C1. The highest BCUT2D eigenvalue weighted by Crippen LogP contribution is 2.39. The lowest BCUT2D eigenvalue weighted by molar-refractivity contribution is -0.275. The van der Waals surface area contributed by atoms with Gasteiger partial charge in [-0.05, 0) is 216 Å². The first-order valence-corrected chi connectivity index (χ1v) is 45.5. The molecule has 130 heavy (non-hydrogen) atoms. The summed E-state index contributed by atoms with van der Waals surface area (Å²) in [6.07, 6.45) is 10.1. The van der Waals surface area contributed by atoms with Crippen LogP contribution in [-0.4, -0.2) is 199 Å². The molecule has 8 fully saturated rings. The van der Waals surface area contributed by atoms with Gasteiger partial charge in [-0.15, -0.1) is 52.7 Å². The van der Waals surface area contributed by atoms with Crippen LogP contribution in [0.1, 0.15) is 151 Å². The molecule has 8 aliphatic rings. The summed E-state index contributed by atoms with van der Waals surface area (Å²) in [5, 5.41) is 35.4. The van der Waals surface area contributed by atoms with Crippen LogP contribution in [0, 0.1) is 29.5 Å². The minimum Gasteiger partial charge on any atom is -0.405 e. The highest BCUT2D eigenvalue weighted by molar-refractivity contribution is 6.33. The van der Waals surface area contributed by atoms with E-state index in [1.54, 1.807) is 42.5 Å². The van der Waals surface area contributed by atoms with Crippen molar-refractivity contribution in [2.75, 3.05) is 121 Å². The first kappa shape index (κ1) is 98.1. The van der Waals surface area contributed by atoms with Crippen molar-refractivity contribution < 1.29 is 81.1 Å². The summed E-state index contributed by atoms with van der Waals surface area (Å²) in [4.78, 5) is 43.8. The van der Waals surface area contributed by atoms with Gasteiger partial charge in [0.25, 0.3) is 0 Å². The second-order valence-corrected chi connectivity index (χ2v) is 35.2. The molecule has 708 valence electrons. The molecule has 0 unspecified atom stereocenters. The highest BCUT2D eigenvalue weighted by Gasteiger charge is 2.39. The van der Waals surface area contributed by atoms with Gasteiger partial charge in [0.15, 0.2) is 11.6 Å². The fourth-order valence-electron chi connectivity index (χ4n) is 17.6. The van der Waals surface area contributed by atoms with E-state index in [9.17, 15) is 62.2 Å².